The number of rotatable bonds is 4. The van der Waals surface area contributed by atoms with E-state index >= 15 is 0 Å². The zero-order valence-corrected chi connectivity index (χ0v) is 14.8. The molecule has 1 heterocycles. The van der Waals surface area contributed by atoms with Crippen molar-refractivity contribution in [1.29, 1.82) is 0 Å². The standard InChI is InChI=1S/C18H23BrNO2/c1-3-13-20(16-9-5-4-6-10-16)14-7-8-15(18(21)22-2)11-12-17(20)19/h4-6,9-12H,3,7-8,13-14H2,1-2H3/q+1. The molecule has 0 aromatic heterocycles. The Labute approximate surface area is 141 Å². The van der Waals surface area contributed by atoms with Crippen LogP contribution in [0.15, 0.2) is 52.7 Å². The molecule has 1 aromatic rings. The summed E-state index contributed by atoms with van der Waals surface area (Å²) in [6.07, 6.45) is 6.68. The van der Waals surface area contributed by atoms with Crippen molar-refractivity contribution in [1.82, 2.24) is 4.48 Å². The maximum atomic E-state index is 11.8. The van der Waals surface area contributed by atoms with Crippen molar-refractivity contribution in [3.8, 4) is 0 Å². The summed E-state index contributed by atoms with van der Waals surface area (Å²) in [5.74, 6) is -0.230. The summed E-state index contributed by atoms with van der Waals surface area (Å²) in [7, 11) is 1.43. The van der Waals surface area contributed by atoms with E-state index in [4.69, 9.17) is 4.74 Å². The molecule has 4 heteroatoms. The summed E-state index contributed by atoms with van der Waals surface area (Å²) in [5.41, 5.74) is 2.02. The molecule has 0 radical (unpaired) electrons. The molecule has 0 N–H and O–H groups in total. The number of hydrogen-bond acceptors (Lipinski definition) is 2. The fraction of sp³-hybridized carbons (Fsp3) is 0.389. The molecule has 0 spiro atoms. The fourth-order valence-corrected chi connectivity index (χ4v) is 3.73. The molecule has 1 atom stereocenters. The third kappa shape index (κ3) is 3.50. The van der Waals surface area contributed by atoms with Crippen LogP contribution < -0.4 is 4.48 Å². The Kier molecular flexibility index (Phi) is 5.98. The predicted octanol–water partition coefficient (Wildman–Crippen LogP) is 4.53. The summed E-state index contributed by atoms with van der Waals surface area (Å²) in [4.78, 5) is 11.8. The van der Waals surface area contributed by atoms with Gasteiger partial charge >= 0.3 is 5.97 Å². The molecule has 0 saturated carbocycles. The molecule has 1 unspecified atom stereocenters. The quantitative estimate of drug-likeness (QED) is 0.445. The van der Waals surface area contributed by atoms with Crippen molar-refractivity contribution in [3.63, 3.8) is 0 Å². The van der Waals surface area contributed by atoms with Crippen LogP contribution in [0.2, 0.25) is 0 Å². The lowest BCUT2D eigenvalue weighted by atomic mass is 10.1. The van der Waals surface area contributed by atoms with Crippen LogP contribution in [0, 0.1) is 0 Å². The second kappa shape index (κ2) is 7.75. The van der Waals surface area contributed by atoms with Gasteiger partial charge in [0.1, 0.15) is 5.69 Å². The number of para-hydroxylation sites is 1. The average molecular weight is 365 g/mol. The molecule has 22 heavy (non-hydrogen) atoms. The number of esters is 1. The SMILES string of the molecule is CCC[N+]1(c2ccccc2)CCCC(C(=O)OC)=CC=C1Br. The van der Waals surface area contributed by atoms with Crippen LogP contribution in [0.5, 0.6) is 0 Å². The molecule has 1 aliphatic heterocycles. The van der Waals surface area contributed by atoms with Crippen LogP contribution in [0.3, 0.4) is 0 Å². The Hall–Kier alpha value is -1.39. The highest BCUT2D eigenvalue weighted by molar-refractivity contribution is 9.11. The molecule has 0 fully saturated rings. The first-order valence-corrected chi connectivity index (χ1v) is 8.51. The van der Waals surface area contributed by atoms with E-state index in [0.717, 1.165) is 47.0 Å². The highest BCUT2D eigenvalue weighted by Gasteiger charge is 2.34. The van der Waals surface area contributed by atoms with Gasteiger partial charge in [-0.1, -0.05) is 25.1 Å². The Morgan fingerprint density at radius 1 is 1.27 bits per heavy atom. The fourth-order valence-electron chi connectivity index (χ4n) is 3.04. The Morgan fingerprint density at radius 3 is 2.64 bits per heavy atom. The summed E-state index contributed by atoms with van der Waals surface area (Å²) in [6, 6.07) is 10.6. The van der Waals surface area contributed by atoms with Crippen molar-refractivity contribution in [2.24, 2.45) is 0 Å². The molecule has 2 rings (SSSR count). The van der Waals surface area contributed by atoms with Gasteiger partial charge in [-0.2, -0.15) is 0 Å². The number of carbonyl (C=O) groups excluding carboxylic acids is 1. The van der Waals surface area contributed by atoms with Crippen LogP contribution in [0.4, 0.5) is 5.69 Å². The Bertz CT molecular complexity index is 580. The summed E-state index contributed by atoms with van der Waals surface area (Å²) >= 11 is 3.77. The maximum Gasteiger partial charge on any atom is 0.333 e. The summed E-state index contributed by atoms with van der Waals surface area (Å²) in [5, 5.41) is 0. The number of carbonyl (C=O) groups is 1. The second-order valence-corrected chi connectivity index (χ2v) is 6.34. The largest absolute Gasteiger partial charge is 0.466 e. The maximum absolute atomic E-state index is 11.8. The van der Waals surface area contributed by atoms with E-state index in [1.165, 1.54) is 12.8 Å². The van der Waals surface area contributed by atoms with Gasteiger partial charge in [-0.05, 0) is 31.1 Å². The van der Waals surface area contributed by atoms with Gasteiger partial charge in [0.15, 0.2) is 4.61 Å². The lowest BCUT2D eigenvalue weighted by molar-refractivity contribution is -0.136. The van der Waals surface area contributed by atoms with Crippen molar-refractivity contribution in [3.05, 3.63) is 52.7 Å². The van der Waals surface area contributed by atoms with Gasteiger partial charge in [0.25, 0.3) is 0 Å². The highest BCUT2D eigenvalue weighted by Crippen LogP contribution is 2.35. The molecule has 118 valence electrons. The van der Waals surface area contributed by atoms with Crippen LogP contribution in [-0.2, 0) is 9.53 Å². The first-order chi connectivity index (χ1) is 10.6. The molecular formula is C18H23BrNO2+. The number of ether oxygens (including phenoxy) is 1. The van der Waals surface area contributed by atoms with E-state index < -0.39 is 0 Å². The van der Waals surface area contributed by atoms with Crippen LogP contribution in [0.25, 0.3) is 0 Å². The monoisotopic (exact) mass is 364 g/mol. The Morgan fingerprint density at radius 2 is 2.00 bits per heavy atom. The molecule has 1 aliphatic rings. The first-order valence-electron chi connectivity index (χ1n) is 7.72. The number of halogens is 1. The van der Waals surface area contributed by atoms with Gasteiger partial charge in [0, 0.05) is 34.0 Å². The summed E-state index contributed by atoms with van der Waals surface area (Å²) in [6.45, 7) is 4.20. The minimum atomic E-state index is -0.230. The van der Waals surface area contributed by atoms with E-state index in [-0.39, 0.29) is 5.97 Å². The highest BCUT2D eigenvalue weighted by atomic mass is 79.9. The molecule has 3 nitrogen and oxygen atoms in total. The molecule has 1 aromatic carbocycles. The zero-order valence-electron chi connectivity index (χ0n) is 13.2. The molecule has 0 amide bonds. The van der Waals surface area contributed by atoms with Gasteiger partial charge < -0.3 is 4.74 Å². The van der Waals surface area contributed by atoms with Crippen LogP contribution in [0.1, 0.15) is 26.2 Å². The van der Waals surface area contributed by atoms with Gasteiger partial charge in [0.2, 0.25) is 0 Å². The minimum absolute atomic E-state index is 0.230. The normalized spacial score (nSPS) is 22.1. The predicted molar refractivity (Wildman–Crippen MR) is 94.6 cm³/mol. The van der Waals surface area contributed by atoms with Crippen molar-refractivity contribution < 1.29 is 9.53 Å². The lowest BCUT2D eigenvalue weighted by Gasteiger charge is -2.38. The van der Waals surface area contributed by atoms with E-state index in [2.05, 4.69) is 47.1 Å². The van der Waals surface area contributed by atoms with Crippen LogP contribution in [-0.4, -0.2) is 26.2 Å². The van der Waals surface area contributed by atoms with Gasteiger partial charge in [-0.3, -0.25) is 4.48 Å². The third-order valence-corrected chi connectivity index (χ3v) is 5.06. The molecular weight excluding hydrogens is 342 g/mol. The molecule has 0 bridgehead atoms. The lowest BCUT2D eigenvalue weighted by Crippen LogP contribution is -2.48. The number of benzene rings is 1. The van der Waals surface area contributed by atoms with Crippen LogP contribution >= 0.6 is 15.9 Å². The van der Waals surface area contributed by atoms with E-state index in [9.17, 15) is 4.79 Å². The van der Waals surface area contributed by atoms with Gasteiger partial charge in [0.05, 0.1) is 20.2 Å². The number of allylic oxidation sites excluding steroid dienone is 2. The van der Waals surface area contributed by atoms with Gasteiger partial charge in [-0.25, -0.2) is 4.79 Å². The van der Waals surface area contributed by atoms with E-state index in [1.807, 2.05) is 18.2 Å². The van der Waals surface area contributed by atoms with Crippen molar-refractivity contribution in [2.75, 3.05) is 20.2 Å². The molecule has 0 saturated heterocycles. The first kappa shape index (κ1) is 17.0. The van der Waals surface area contributed by atoms with E-state index in [0.29, 0.717) is 0 Å². The smallest absolute Gasteiger partial charge is 0.333 e. The summed E-state index contributed by atoms with van der Waals surface area (Å²) < 4.78 is 6.73. The second-order valence-electron chi connectivity index (χ2n) is 5.53. The van der Waals surface area contributed by atoms with Crippen molar-refractivity contribution in [2.45, 2.75) is 26.2 Å². The van der Waals surface area contributed by atoms with E-state index in [1.54, 1.807) is 0 Å². The minimum Gasteiger partial charge on any atom is -0.466 e. The number of hydrogen-bond donors (Lipinski definition) is 0. The Balaban J connectivity index is 2.45. The molecule has 0 aliphatic carbocycles. The zero-order chi connectivity index (χ0) is 16.0. The number of quaternary nitrogens is 1. The average Bonchev–Trinajstić information content (AvgIpc) is 2.55. The number of methoxy groups -OCH3 is 1. The topological polar surface area (TPSA) is 26.3 Å². The van der Waals surface area contributed by atoms with Crippen molar-refractivity contribution >= 4 is 27.6 Å². The van der Waals surface area contributed by atoms with Gasteiger partial charge in [-0.15, -0.1) is 0 Å². The number of nitrogens with zero attached hydrogens (tertiary/aromatic N) is 1. The third-order valence-electron chi connectivity index (χ3n) is 4.12.